The Morgan fingerprint density at radius 3 is 2.68 bits per heavy atom. The molecule has 0 saturated carbocycles. The highest BCUT2D eigenvalue weighted by Crippen LogP contribution is 2.30. The molecule has 0 amide bonds. The van der Waals surface area contributed by atoms with Gasteiger partial charge in [-0.3, -0.25) is 4.79 Å². The summed E-state index contributed by atoms with van der Waals surface area (Å²) in [6.07, 6.45) is 3.51. The van der Waals surface area contributed by atoms with Crippen molar-refractivity contribution in [2.45, 2.75) is 39.0 Å². The summed E-state index contributed by atoms with van der Waals surface area (Å²) in [6.45, 7) is 8.45. The summed E-state index contributed by atoms with van der Waals surface area (Å²) < 4.78 is 11.8. The minimum Gasteiger partial charge on any atom is -0.360 e. The summed E-state index contributed by atoms with van der Waals surface area (Å²) in [7, 11) is 0.657. The third-order valence-corrected chi connectivity index (χ3v) is 8.62. The van der Waals surface area contributed by atoms with E-state index in [1.807, 2.05) is 29.1 Å². The van der Waals surface area contributed by atoms with E-state index in [1.165, 1.54) is 16.0 Å². The number of rotatable bonds is 7. The Morgan fingerprint density at radius 2 is 1.91 bits per heavy atom. The van der Waals surface area contributed by atoms with Crippen LogP contribution >= 0.6 is 11.3 Å². The molecule has 5 aromatic rings. The van der Waals surface area contributed by atoms with Gasteiger partial charge in [-0.25, -0.2) is 14.3 Å². The number of aromatic nitrogens is 6. The first-order valence-corrected chi connectivity index (χ1v) is 15.6. The fraction of sp³-hybridized carbons (Fsp3) is 0.348. The average molecular weight is 492 g/mol. The lowest BCUT2D eigenvalue weighted by Gasteiger charge is -2.15. The molecule has 0 spiro atoms. The lowest BCUT2D eigenvalue weighted by atomic mass is 10.1. The van der Waals surface area contributed by atoms with Crippen LogP contribution in [-0.4, -0.2) is 43.8 Å². The average Bonchev–Trinajstić information content (AvgIpc) is 3.47. The molecule has 34 heavy (non-hydrogen) atoms. The molecule has 11 heteroatoms. The van der Waals surface area contributed by atoms with Gasteiger partial charge in [-0.15, -0.1) is 11.3 Å². The molecular formula is C23H25N7O2SSi. The number of fused-ring (bicyclic) bond motifs is 4. The predicted molar refractivity (Wildman–Crippen MR) is 136 cm³/mol. The van der Waals surface area contributed by atoms with Crippen LogP contribution in [0.5, 0.6) is 0 Å². The number of ether oxygens (including phenoxy) is 1. The summed E-state index contributed by atoms with van der Waals surface area (Å²) in [4.78, 5) is 17.7. The summed E-state index contributed by atoms with van der Waals surface area (Å²) >= 11 is 1.28. The fourth-order valence-corrected chi connectivity index (χ4v) is 5.71. The van der Waals surface area contributed by atoms with E-state index in [0.717, 1.165) is 39.2 Å². The van der Waals surface area contributed by atoms with Crippen molar-refractivity contribution < 1.29 is 4.74 Å². The van der Waals surface area contributed by atoms with Gasteiger partial charge in [0.2, 0.25) is 0 Å². The highest BCUT2D eigenvalue weighted by Gasteiger charge is 2.19. The van der Waals surface area contributed by atoms with Crippen molar-refractivity contribution in [3.05, 3.63) is 51.5 Å². The van der Waals surface area contributed by atoms with Crippen LogP contribution in [-0.2, 0) is 25.1 Å². The SMILES string of the molecule is Cn1c2nc(C#N)sc2c2cnn(Cc3cccc4c3cnn4COCC[Si](C)(C)C)c(=O)c21. The molecule has 1 aromatic carbocycles. The Labute approximate surface area is 200 Å². The van der Waals surface area contributed by atoms with Crippen LogP contribution in [0.4, 0.5) is 0 Å². The molecule has 0 atom stereocenters. The van der Waals surface area contributed by atoms with Crippen LogP contribution in [0.3, 0.4) is 0 Å². The van der Waals surface area contributed by atoms with Crippen LogP contribution in [0, 0.1) is 11.3 Å². The van der Waals surface area contributed by atoms with Gasteiger partial charge in [0.1, 0.15) is 18.3 Å². The normalized spacial score (nSPS) is 12.2. The van der Waals surface area contributed by atoms with Gasteiger partial charge >= 0.3 is 0 Å². The number of nitrogens with zero attached hydrogens (tertiary/aromatic N) is 7. The number of nitriles is 1. The number of hydrogen-bond acceptors (Lipinski definition) is 7. The van der Waals surface area contributed by atoms with Crippen LogP contribution in [0.25, 0.3) is 32.2 Å². The van der Waals surface area contributed by atoms with Crippen LogP contribution in [0.2, 0.25) is 25.7 Å². The summed E-state index contributed by atoms with van der Waals surface area (Å²) in [5, 5.41) is 20.2. The standard InChI is InChI=1S/C23H25N7O2SSi/c1-28-20-17(21-22(28)27-19(10-24)33-21)12-25-29(23(20)31)13-15-6-5-7-18-16(15)11-26-30(18)14-32-8-9-34(2,3)4/h5-7,11-12H,8-9,13-14H2,1-4H3. The van der Waals surface area contributed by atoms with E-state index in [4.69, 9.17) is 10.00 Å². The lowest BCUT2D eigenvalue weighted by molar-refractivity contribution is 0.0817. The lowest BCUT2D eigenvalue weighted by Crippen LogP contribution is -2.24. The van der Waals surface area contributed by atoms with E-state index in [2.05, 4.69) is 40.9 Å². The molecule has 5 rings (SSSR count). The van der Waals surface area contributed by atoms with Gasteiger partial charge in [-0.05, 0) is 17.7 Å². The smallest absolute Gasteiger partial charge is 0.291 e. The van der Waals surface area contributed by atoms with Gasteiger partial charge in [0.05, 0.1) is 29.2 Å². The molecule has 4 aromatic heterocycles. The maximum atomic E-state index is 13.3. The first-order valence-electron chi connectivity index (χ1n) is 11.0. The third kappa shape index (κ3) is 3.94. The Hall–Kier alpha value is -3.33. The van der Waals surface area contributed by atoms with Gasteiger partial charge in [0, 0.05) is 32.5 Å². The zero-order valence-corrected chi connectivity index (χ0v) is 21.4. The number of hydrogen-bond donors (Lipinski definition) is 0. The zero-order valence-electron chi connectivity index (χ0n) is 19.6. The molecule has 0 N–H and O–H groups in total. The minimum atomic E-state index is -1.14. The van der Waals surface area contributed by atoms with Crippen molar-refractivity contribution in [2.24, 2.45) is 7.05 Å². The molecule has 0 saturated heterocycles. The zero-order chi connectivity index (χ0) is 24.0. The second-order valence-corrected chi connectivity index (χ2v) is 16.2. The Bertz CT molecular complexity index is 1630. The molecule has 174 valence electrons. The van der Waals surface area contributed by atoms with Crippen LogP contribution < -0.4 is 5.56 Å². The van der Waals surface area contributed by atoms with Crippen molar-refractivity contribution in [1.29, 1.82) is 5.26 Å². The van der Waals surface area contributed by atoms with Crippen molar-refractivity contribution >= 4 is 51.6 Å². The number of aryl methyl sites for hydroxylation is 1. The van der Waals surface area contributed by atoms with Crippen molar-refractivity contribution in [3.63, 3.8) is 0 Å². The number of benzene rings is 1. The quantitative estimate of drug-likeness (QED) is 0.252. The number of thiazole rings is 1. The first kappa shape index (κ1) is 22.5. The topological polar surface area (TPSA) is 104 Å². The van der Waals surface area contributed by atoms with E-state index in [9.17, 15) is 4.79 Å². The summed E-state index contributed by atoms with van der Waals surface area (Å²) in [5.74, 6) is 0. The molecular weight excluding hydrogens is 466 g/mol. The Morgan fingerprint density at radius 1 is 1.15 bits per heavy atom. The summed E-state index contributed by atoms with van der Waals surface area (Å²) in [5.41, 5.74) is 2.90. The van der Waals surface area contributed by atoms with E-state index >= 15 is 0 Å². The molecule has 0 fully saturated rings. The molecule has 0 aliphatic heterocycles. The van der Waals surface area contributed by atoms with Crippen molar-refractivity contribution in [3.8, 4) is 6.07 Å². The molecule has 4 heterocycles. The predicted octanol–water partition coefficient (Wildman–Crippen LogP) is 3.93. The van der Waals surface area contributed by atoms with Gasteiger partial charge in [0.25, 0.3) is 5.56 Å². The Kier molecular flexibility index (Phi) is 5.59. The third-order valence-electron chi connectivity index (χ3n) is 5.93. The molecule has 0 bridgehead atoms. The largest absolute Gasteiger partial charge is 0.360 e. The van der Waals surface area contributed by atoms with Crippen molar-refractivity contribution in [2.75, 3.05) is 6.61 Å². The molecule has 0 aliphatic rings. The second-order valence-electron chi connectivity index (χ2n) is 9.55. The molecule has 0 aliphatic carbocycles. The van der Waals surface area contributed by atoms with Gasteiger partial charge in [-0.2, -0.15) is 15.5 Å². The molecule has 9 nitrogen and oxygen atoms in total. The molecule has 0 unspecified atom stereocenters. The van der Waals surface area contributed by atoms with Crippen LogP contribution in [0.1, 0.15) is 10.6 Å². The van der Waals surface area contributed by atoms with E-state index < -0.39 is 8.07 Å². The van der Waals surface area contributed by atoms with E-state index in [-0.39, 0.29) is 5.56 Å². The van der Waals surface area contributed by atoms with Gasteiger partial charge in [-0.1, -0.05) is 31.8 Å². The Balaban J connectivity index is 1.45. The second kappa shape index (κ2) is 8.46. The highest BCUT2D eigenvalue weighted by molar-refractivity contribution is 7.20. The van der Waals surface area contributed by atoms with Crippen molar-refractivity contribution in [1.82, 2.24) is 29.1 Å². The monoisotopic (exact) mass is 491 g/mol. The fourth-order valence-electron chi connectivity index (χ4n) is 4.04. The van der Waals surface area contributed by atoms with Crippen LogP contribution in [0.15, 0.2) is 35.4 Å². The first-order chi connectivity index (χ1) is 16.3. The maximum absolute atomic E-state index is 13.3. The minimum absolute atomic E-state index is 0.192. The maximum Gasteiger partial charge on any atom is 0.291 e. The van der Waals surface area contributed by atoms with Gasteiger partial charge < -0.3 is 9.30 Å². The van der Waals surface area contributed by atoms with Gasteiger partial charge in [0.15, 0.2) is 10.7 Å². The van der Waals surface area contributed by atoms with E-state index in [1.54, 1.807) is 17.8 Å². The van der Waals surface area contributed by atoms with E-state index in [0.29, 0.717) is 29.4 Å². The molecule has 0 radical (unpaired) electrons. The summed E-state index contributed by atoms with van der Waals surface area (Å²) in [6, 6.07) is 9.15. The highest BCUT2D eigenvalue weighted by atomic mass is 32.1.